The molecule has 6 nitrogen and oxygen atoms in total. The first kappa shape index (κ1) is 15.4. The number of hydrogen-bond donors (Lipinski definition) is 2. The van der Waals surface area contributed by atoms with E-state index >= 15 is 0 Å². The molecule has 0 aliphatic heterocycles. The van der Waals surface area contributed by atoms with Gasteiger partial charge in [0.25, 0.3) is 0 Å². The van der Waals surface area contributed by atoms with Gasteiger partial charge in [0.2, 0.25) is 0 Å². The lowest BCUT2D eigenvalue weighted by atomic mass is 10.1. The minimum atomic E-state index is -1.14. The summed E-state index contributed by atoms with van der Waals surface area (Å²) < 4.78 is 13.8. The summed E-state index contributed by atoms with van der Waals surface area (Å²) in [7, 11) is 0. The Balaban J connectivity index is 1.94. The lowest BCUT2D eigenvalue weighted by Crippen LogP contribution is -1.98. The van der Waals surface area contributed by atoms with E-state index in [0.29, 0.717) is 32.0 Å². The molecule has 0 spiro atoms. The third-order valence-corrected chi connectivity index (χ3v) is 4.90. The standard InChI is InChI=1S/C17H11FN4O2S/c1-8-5-10(18)6-11-12(8)21-22-13(11)16-20-14(17(23)24)15(25-16)9-3-2-4-19-7-9/h2-7H,1H3,(H,21,22)(H,23,24). The lowest BCUT2D eigenvalue weighted by Gasteiger charge is -1.97. The molecule has 0 atom stereocenters. The Morgan fingerprint density at radius 1 is 1.36 bits per heavy atom. The van der Waals surface area contributed by atoms with Crippen LogP contribution in [0.2, 0.25) is 0 Å². The van der Waals surface area contributed by atoms with Gasteiger partial charge in [-0.25, -0.2) is 14.2 Å². The summed E-state index contributed by atoms with van der Waals surface area (Å²) >= 11 is 1.19. The predicted molar refractivity (Wildman–Crippen MR) is 92.1 cm³/mol. The first-order valence-electron chi connectivity index (χ1n) is 7.33. The number of pyridine rings is 1. The van der Waals surface area contributed by atoms with Gasteiger partial charge in [-0.3, -0.25) is 10.1 Å². The van der Waals surface area contributed by atoms with Gasteiger partial charge in [0, 0.05) is 23.3 Å². The van der Waals surface area contributed by atoms with Crippen LogP contribution < -0.4 is 0 Å². The fourth-order valence-corrected chi connectivity index (χ4v) is 3.72. The summed E-state index contributed by atoms with van der Waals surface area (Å²) in [5.41, 5.74) is 2.44. The van der Waals surface area contributed by atoms with Gasteiger partial charge in [-0.15, -0.1) is 11.3 Å². The van der Waals surface area contributed by atoms with Crippen LogP contribution in [0.3, 0.4) is 0 Å². The first-order chi connectivity index (χ1) is 12.0. The van der Waals surface area contributed by atoms with E-state index < -0.39 is 5.97 Å². The van der Waals surface area contributed by atoms with Crippen molar-refractivity contribution in [2.45, 2.75) is 6.92 Å². The van der Waals surface area contributed by atoms with Crippen LogP contribution in [-0.2, 0) is 0 Å². The summed E-state index contributed by atoms with van der Waals surface area (Å²) in [4.78, 5) is 20.3. The normalized spacial score (nSPS) is 11.1. The summed E-state index contributed by atoms with van der Waals surface area (Å²) in [5, 5.41) is 17.5. The Hall–Kier alpha value is -3.13. The Labute approximate surface area is 145 Å². The fourth-order valence-electron chi connectivity index (χ4n) is 2.67. The average Bonchev–Trinajstić information content (AvgIpc) is 3.19. The average molecular weight is 354 g/mol. The summed E-state index contributed by atoms with van der Waals surface area (Å²) in [6, 6.07) is 6.27. The van der Waals surface area contributed by atoms with Crippen molar-refractivity contribution >= 4 is 28.2 Å². The highest BCUT2D eigenvalue weighted by Gasteiger charge is 2.22. The van der Waals surface area contributed by atoms with E-state index in [1.165, 1.54) is 23.5 Å². The number of hydrogen-bond acceptors (Lipinski definition) is 5. The number of thiazole rings is 1. The Morgan fingerprint density at radius 3 is 2.92 bits per heavy atom. The molecule has 8 heteroatoms. The molecule has 3 heterocycles. The van der Waals surface area contributed by atoms with Gasteiger partial charge in [-0.2, -0.15) is 5.10 Å². The van der Waals surface area contributed by atoms with Gasteiger partial charge in [0.15, 0.2) is 5.69 Å². The molecule has 2 N–H and O–H groups in total. The van der Waals surface area contributed by atoms with Crippen molar-refractivity contribution in [1.82, 2.24) is 20.2 Å². The molecule has 0 saturated heterocycles. The third kappa shape index (κ3) is 2.56. The summed E-state index contributed by atoms with van der Waals surface area (Å²) in [6.07, 6.45) is 3.19. The number of carbonyl (C=O) groups is 1. The SMILES string of the molecule is Cc1cc(F)cc2c(-c3nc(C(=O)O)c(-c4cccnc4)s3)n[nH]c12. The Bertz CT molecular complexity index is 1100. The van der Waals surface area contributed by atoms with Gasteiger partial charge in [-0.05, 0) is 30.7 Å². The van der Waals surface area contributed by atoms with Gasteiger partial charge in [-0.1, -0.05) is 6.07 Å². The molecule has 25 heavy (non-hydrogen) atoms. The van der Waals surface area contributed by atoms with Crippen molar-refractivity contribution in [1.29, 1.82) is 0 Å². The molecule has 0 radical (unpaired) electrons. The maximum atomic E-state index is 13.8. The van der Waals surface area contributed by atoms with Crippen LogP contribution in [0.25, 0.3) is 32.0 Å². The number of benzene rings is 1. The van der Waals surface area contributed by atoms with Crippen molar-refractivity contribution in [3.8, 4) is 21.1 Å². The molecule has 0 bridgehead atoms. The second-order valence-electron chi connectivity index (χ2n) is 5.46. The van der Waals surface area contributed by atoms with E-state index in [4.69, 9.17) is 0 Å². The third-order valence-electron chi connectivity index (χ3n) is 3.79. The van der Waals surface area contributed by atoms with E-state index in [1.54, 1.807) is 31.5 Å². The molecule has 0 saturated carbocycles. The largest absolute Gasteiger partial charge is 0.476 e. The first-order valence-corrected chi connectivity index (χ1v) is 8.15. The molecule has 124 valence electrons. The van der Waals surface area contributed by atoms with E-state index in [2.05, 4.69) is 20.2 Å². The molecular weight excluding hydrogens is 343 g/mol. The number of nitrogens with zero attached hydrogens (tertiary/aromatic N) is 3. The monoisotopic (exact) mass is 354 g/mol. The van der Waals surface area contributed by atoms with Gasteiger partial charge in [0.1, 0.15) is 16.5 Å². The predicted octanol–water partition coefficient (Wildman–Crippen LogP) is 3.89. The maximum absolute atomic E-state index is 13.8. The smallest absolute Gasteiger partial charge is 0.356 e. The van der Waals surface area contributed by atoms with Crippen LogP contribution in [0, 0.1) is 12.7 Å². The van der Waals surface area contributed by atoms with Crippen LogP contribution in [-0.4, -0.2) is 31.2 Å². The van der Waals surface area contributed by atoms with Crippen molar-refractivity contribution < 1.29 is 14.3 Å². The van der Waals surface area contributed by atoms with Crippen molar-refractivity contribution in [3.63, 3.8) is 0 Å². The Kier molecular flexibility index (Phi) is 3.54. The summed E-state index contributed by atoms with van der Waals surface area (Å²) in [5.74, 6) is -1.52. The highest BCUT2D eigenvalue weighted by molar-refractivity contribution is 7.18. The number of aromatic amines is 1. The van der Waals surface area contributed by atoms with E-state index in [1.807, 2.05) is 0 Å². The second-order valence-corrected chi connectivity index (χ2v) is 6.46. The van der Waals surface area contributed by atoms with Crippen molar-refractivity contribution in [2.24, 2.45) is 0 Å². The minimum absolute atomic E-state index is 0.0720. The number of carboxylic acids is 1. The van der Waals surface area contributed by atoms with Crippen LogP contribution in [0.5, 0.6) is 0 Å². The van der Waals surface area contributed by atoms with E-state index in [9.17, 15) is 14.3 Å². The molecule has 0 fully saturated rings. The number of nitrogens with one attached hydrogen (secondary N) is 1. The molecule has 0 aliphatic carbocycles. The van der Waals surface area contributed by atoms with Crippen LogP contribution in [0.15, 0.2) is 36.7 Å². The number of aromatic nitrogens is 4. The molecule has 4 rings (SSSR count). The van der Waals surface area contributed by atoms with Crippen LogP contribution in [0.4, 0.5) is 4.39 Å². The molecule has 0 amide bonds. The number of aromatic carboxylic acids is 1. The molecule has 3 aromatic heterocycles. The zero-order chi connectivity index (χ0) is 17.6. The molecular formula is C17H11FN4O2S. The minimum Gasteiger partial charge on any atom is -0.476 e. The van der Waals surface area contributed by atoms with Gasteiger partial charge >= 0.3 is 5.97 Å². The second kappa shape index (κ2) is 5.75. The van der Waals surface area contributed by atoms with E-state index in [0.717, 1.165) is 5.56 Å². The topological polar surface area (TPSA) is 91.8 Å². The molecule has 0 aliphatic rings. The van der Waals surface area contributed by atoms with Crippen molar-refractivity contribution in [2.75, 3.05) is 0 Å². The highest BCUT2D eigenvalue weighted by Crippen LogP contribution is 2.37. The van der Waals surface area contributed by atoms with Gasteiger partial charge < -0.3 is 5.11 Å². The number of rotatable bonds is 3. The molecule has 0 unspecified atom stereocenters. The molecule has 4 aromatic rings. The number of carboxylic acid groups (broad SMARTS) is 1. The Morgan fingerprint density at radius 2 is 2.20 bits per heavy atom. The number of aryl methyl sites for hydroxylation is 1. The maximum Gasteiger partial charge on any atom is 0.356 e. The lowest BCUT2D eigenvalue weighted by molar-refractivity contribution is 0.0692. The zero-order valence-electron chi connectivity index (χ0n) is 12.9. The summed E-state index contributed by atoms with van der Waals surface area (Å²) in [6.45, 7) is 1.78. The fraction of sp³-hybridized carbons (Fsp3) is 0.0588. The van der Waals surface area contributed by atoms with Crippen LogP contribution >= 0.6 is 11.3 Å². The van der Waals surface area contributed by atoms with Gasteiger partial charge in [0.05, 0.1) is 10.4 Å². The number of H-pyrrole nitrogens is 1. The quantitative estimate of drug-likeness (QED) is 0.582. The zero-order valence-corrected chi connectivity index (χ0v) is 13.8. The number of fused-ring (bicyclic) bond motifs is 1. The van der Waals surface area contributed by atoms with Crippen molar-refractivity contribution in [3.05, 3.63) is 53.7 Å². The van der Waals surface area contributed by atoms with E-state index in [-0.39, 0.29) is 11.5 Å². The number of halogens is 1. The molecule has 1 aromatic carbocycles. The highest BCUT2D eigenvalue weighted by atomic mass is 32.1. The van der Waals surface area contributed by atoms with Crippen LogP contribution in [0.1, 0.15) is 16.1 Å².